The lowest BCUT2D eigenvalue weighted by molar-refractivity contribution is -0.123. The van der Waals surface area contributed by atoms with Crippen LogP contribution in [0.25, 0.3) is 0 Å². The lowest BCUT2D eigenvalue weighted by Gasteiger charge is -2.20. The summed E-state index contributed by atoms with van der Waals surface area (Å²) in [4.78, 5) is 23.1. The quantitative estimate of drug-likeness (QED) is 0.405. The van der Waals surface area contributed by atoms with Crippen molar-refractivity contribution in [2.24, 2.45) is 5.84 Å². The Bertz CT molecular complexity index is 535. The molecule has 4 N–H and O–H groups in total. The van der Waals surface area contributed by atoms with Crippen LogP contribution in [0.2, 0.25) is 0 Å². The van der Waals surface area contributed by atoms with Gasteiger partial charge in [-0.25, -0.2) is 5.84 Å². The second-order valence-electron chi connectivity index (χ2n) is 4.98. The van der Waals surface area contributed by atoms with Crippen LogP contribution < -0.4 is 16.6 Å². The predicted octanol–water partition coefficient (Wildman–Crippen LogP) is 0.593. The highest BCUT2D eigenvalue weighted by atomic mass is 16.2. The molecule has 0 atom stereocenters. The number of nitrogens with one attached hydrogen (secondary N) is 2. The van der Waals surface area contributed by atoms with Gasteiger partial charge in [0.05, 0.1) is 5.41 Å². The standard InChI is InChI=1S/C13H15N3O2/c14-16-12(18)13(5-6-13)9-2-3-10-8(7-9)1-4-11(17)15-10/h2-3,7H,1,4-6,14H2,(H,15,17)(H,16,18). The minimum Gasteiger partial charge on any atom is -0.326 e. The zero-order valence-electron chi connectivity index (χ0n) is 9.95. The van der Waals surface area contributed by atoms with E-state index in [1.165, 1.54) is 0 Å². The molecule has 0 aromatic heterocycles. The van der Waals surface area contributed by atoms with Gasteiger partial charge in [0, 0.05) is 12.1 Å². The van der Waals surface area contributed by atoms with Crippen molar-refractivity contribution in [3.63, 3.8) is 0 Å². The molecule has 94 valence electrons. The number of carbonyl (C=O) groups is 2. The summed E-state index contributed by atoms with van der Waals surface area (Å²) >= 11 is 0. The summed E-state index contributed by atoms with van der Waals surface area (Å²) in [6.45, 7) is 0. The van der Waals surface area contributed by atoms with Gasteiger partial charge in [0.1, 0.15) is 0 Å². The molecule has 5 nitrogen and oxygen atoms in total. The number of benzene rings is 1. The number of aryl methyl sites for hydroxylation is 1. The highest BCUT2D eigenvalue weighted by Gasteiger charge is 2.51. The van der Waals surface area contributed by atoms with Crippen molar-refractivity contribution in [1.82, 2.24) is 5.43 Å². The third-order valence-electron chi connectivity index (χ3n) is 3.87. The molecule has 2 aliphatic rings. The molecule has 0 bridgehead atoms. The molecular formula is C13H15N3O2. The number of carbonyl (C=O) groups excluding carboxylic acids is 2. The van der Waals surface area contributed by atoms with E-state index in [0.717, 1.165) is 36.1 Å². The van der Waals surface area contributed by atoms with Gasteiger partial charge >= 0.3 is 0 Å². The largest absolute Gasteiger partial charge is 0.326 e. The van der Waals surface area contributed by atoms with E-state index in [2.05, 4.69) is 10.7 Å². The Morgan fingerprint density at radius 3 is 2.78 bits per heavy atom. The second-order valence-corrected chi connectivity index (χ2v) is 4.98. The Morgan fingerprint density at radius 2 is 2.11 bits per heavy atom. The highest BCUT2D eigenvalue weighted by Crippen LogP contribution is 2.49. The molecule has 1 aromatic carbocycles. The zero-order chi connectivity index (χ0) is 12.8. The molecule has 0 radical (unpaired) electrons. The van der Waals surface area contributed by atoms with E-state index in [-0.39, 0.29) is 11.8 Å². The average Bonchev–Trinajstić information content (AvgIpc) is 3.18. The molecule has 5 heteroatoms. The molecule has 0 saturated heterocycles. The molecule has 1 aliphatic heterocycles. The van der Waals surface area contributed by atoms with Crippen molar-refractivity contribution in [3.8, 4) is 0 Å². The smallest absolute Gasteiger partial charge is 0.244 e. The Morgan fingerprint density at radius 1 is 1.33 bits per heavy atom. The Hall–Kier alpha value is -1.88. The molecule has 1 fully saturated rings. The molecule has 0 spiro atoms. The van der Waals surface area contributed by atoms with E-state index >= 15 is 0 Å². The van der Waals surface area contributed by atoms with Crippen molar-refractivity contribution >= 4 is 17.5 Å². The molecule has 18 heavy (non-hydrogen) atoms. The van der Waals surface area contributed by atoms with Crippen molar-refractivity contribution in [2.75, 3.05) is 5.32 Å². The van der Waals surface area contributed by atoms with Crippen LogP contribution >= 0.6 is 0 Å². The summed E-state index contributed by atoms with van der Waals surface area (Å²) in [5.74, 6) is 5.16. The summed E-state index contributed by atoms with van der Waals surface area (Å²) < 4.78 is 0. The van der Waals surface area contributed by atoms with Crippen LogP contribution in [0.1, 0.15) is 30.4 Å². The molecule has 1 aliphatic carbocycles. The van der Waals surface area contributed by atoms with Crippen LogP contribution in [-0.4, -0.2) is 11.8 Å². The summed E-state index contributed by atoms with van der Waals surface area (Å²) in [6.07, 6.45) is 2.91. The lowest BCUT2D eigenvalue weighted by atomic mass is 9.91. The fourth-order valence-electron chi connectivity index (χ4n) is 2.59. The normalized spacial score (nSPS) is 19.7. The summed E-state index contributed by atoms with van der Waals surface area (Å²) in [6, 6.07) is 5.81. The SMILES string of the molecule is NNC(=O)C1(c2ccc3c(c2)CCC(=O)N3)CC1. The number of anilines is 1. The number of rotatable bonds is 2. The molecule has 3 rings (SSSR count). The van der Waals surface area contributed by atoms with Gasteiger partial charge in [0.2, 0.25) is 11.8 Å². The number of hydrogen-bond donors (Lipinski definition) is 3. The summed E-state index contributed by atoms with van der Waals surface area (Å²) in [5.41, 5.74) is 4.77. The van der Waals surface area contributed by atoms with Crippen molar-refractivity contribution in [2.45, 2.75) is 31.1 Å². The summed E-state index contributed by atoms with van der Waals surface area (Å²) in [7, 11) is 0. The topological polar surface area (TPSA) is 84.2 Å². The maximum absolute atomic E-state index is 11.8. The monoisotopic (exact) mass is 245 g/mol. The fourth-order valence-corrected chi connectivity index (χ4v) is 2.59. The minimum atomic E-state index is -0.439. The van der Waals surface area contributed by atoms with Gasteiger partial charge in [0.25, 0.3) is 0 Å². The number of nitrogens with two attached hydrogens (primary N) is 1. The number of fused-ring (bicyclic) bond motifs is 1. The van der Waals surface area contributed by atoms with Gasteiger partial charge in [-0.15, -0.1) is 0 Å². The first-order chi connectivity index (χ1) is 8.65. The van der Waals surface area contributed by atoms with E-state index < -0.39 is 5.41 Å². The zero-order valence-corrected chi connectivity index (χ0v) is 9.95. The van der Waals surface area contributed by atoms with Crippen molar-refractivity contribution in [3.05, 3.63) is 29.3 Å². The van der Waals surface area contributed by atoms with E-state index in [4.69, 9.17) is 5.84 Å². The van der Waals surface area contributed by atoms with Gasteiger partial charge in [-0.05, 0) is 36.5 Å². The van der Waals surface area contributed by atoms with Gasteiger partial charge in [0.15, 0.2) is 0 Å². The first-order valence-electron chi connectivity index (χ1n) is 6.10. The predicted molar refractivity (Wildman–Crippen MR) is 66.6 cm³/mol. The highest BCUT2D eigenvalue weighted by molar-refractivity contribution is 5.95. The molecule has 1 heterocycles. The van der Waals surface area contributed by atoms with Crippen LogP contribution in [0.15, 0.2) is 18.2 Å². The van der Waals surface area contributed by atoms with Crippen LogP contribution in [0.5, 0.6) is 0 Å². The van der Waals surface area contributed by atoms with Crippen molar-refractivity contribution < 1.29 is 9.59 Å². The van der Waals surface area contributed by atoms with E-state index in [1.807, 2.05) is 18.2 Å². The fraction of sp³-hybridized carbons (Fsp3) is 0.385. The van der Waals surface area contributed by atoms with E-state index in [9.17, 15) is 9.59 Å². The molecule has 2 amide bonds. The van der Waals surface area contributed by atoms with Gasteiger partial charge < -0.3 is 5.32 Å². The third kappa shape index (κ3) is 1.59. The van der Waals surface area contributed by atoms with Gasteiger partial charge in [-0.1, -0.05) is 12.1 Å². The van der Waals surface area contributed by atoms with E-state index in [1.54, 1.807) is 0 Å². The Kier molecular flexibility index (Phi) is 2.38. The van der Waals surface area contributed by atoms with Crippen LogP contribution in [0.3, 0.4) is 0 Å². The lowest BCUT2D eigenvalue weighted by Crippen LogP contribution is -2.39. The maximum atomic E-state index is 11.8. The first-order valence-corrected chi connectivity index (χ1v) is 6.10. The van der Waals surface area contributed by atoms with E-state index in [0.29, 0.717) is 6.42 Å². The van der Waals surface area contributed by atoms with Crippen LogP contribution in [-0.2, 0) is 21.4 Å². The van der Waals surface area contributed by atoms with Gasteiger partial charge in [-0.3, -0.25) is 15.0 Å². The minimum absolute atomic E-state index is 0.0519. The number of amides is 2. The maximum Gasteiger partial charge on any atom is 0.244 e. The molecule has 1 saturated carbocycles. The van der Waals surface area contributed by atoms with Crippen molar-refractivity contribution in [1.29, 1.82) is 0 Å². The Balaban J connectivity index is 1.96. The molecule has 1 aromatic rings. The summed E-state index contributed by atoms with van der Waals surface area (Å²) in [5, 5.41) is 2.84. The molecule has 0 unspecified atom stereocenters. The average molecular weight is 245 g/mol. The molecular weight excluding hydrogens is 230 g/mol. The first kappa shape index (κ1) is 11.2. The van der Waals surface area contributed by atoms with Crippen LogP contribution in [0.4, 0.5) is 5.69 Å². The van der Waals surface area contributed by atoms with Crippen LogP contribution in [0, 0.1) is 0 Å². The number of hydrogen-bond acceptors (Lipinski definition) is 3. The van der Waals surface area contributed by atoms with Gasteiger partial charge in [-0.2, -0.15) is 0 Å². The third-order valence-corrected chi connectivity index (χ3v) is 3.87. The number of hydrazine groups is 1. The second kappa shape index (κ2) is 3.81. The Labute approximate surface area is 105 Å².